The van der Waals surface area contributed by atoms with Gasteiger partial charge in [-0.3, -0.25) is 9.59 Å². The number of carbonyl (C=O) groups excluding carboxylic acids is 1. The molecule has 1 N–H and O–H groups in total. The molecule has 1 saturated carbocycles. The topological polar surface area (TPSA) is 86.0 Å². The minimum absolute atomic E-state index is 0.0552. The average molecular weight is 411 g/mol. The number of amides is 1. The molecule has 0 saturated heterocycles. The molecule has 0 bridgehead atoms. The summed E-state index contributed by atoms with van der Waals surface area (Å²) in [5.74, 6) is -0.575. The maximum absolute atomic E-state index is 13.2. The van der Waals surface area contributed by atoms with Crippen molar-refractivity contribution in [1.29, 1.82) is 0 Å². The van der Waals surface area contributed by atoms with Crippen LogP contribution in [0.5, 0.6) is 0 Å². The lowest BCUT2D eigenvalue weighted by Crippen LogP contribution is -2.47. The Morgan fingerprint density at radius 1 is 1.10 bits per heavy atom. The van der Waals surface area contributed by atoms with E-state index in [4.69, 9.17) is 11.6 Å². The van der Waals surface area contributed by atoms with Crippen molar-refractivity contribution in [2.24, 2.45) is 0 Å². The van der Waals surface area contributed by atoms with E-state index in [2.05, 4.69) is 10.4 Å². The van der Waals surface area contributed by atoms with Gasteiger partial charge in [-0.2, -0.15) is 9.78 Å². The number of rotatable bonds is 5. The fourth-order valence-corrected chi connectivity index (χ4v) is 3.21. The first-order chi connectivity index (χ1) is 14.0. The third kappa shape index (κ3) is 3.86. The molecule has 0 aliphatic heterocycles. The van der Waals surface area contributed by atoms with Gasteiger partial charge in [0.25, 0.3) is 11.5 Å². The third-order valence-electron chi connectivity index (χ3n) is 4.88. The highest BCUT2D eigenvalue weighted by molar-refractivity contribution is 6.30. The van der Waals surface area contributed by atoms with Crippen molar-refractivity contribution >= 4 is 17.5 Å². The lowest BCUT2D eigenvalue weighted by atomic mass is 10.1. The van der Waals surface area contributed by atoms with Crippen LogP contribution < -0.4 is 16.6 Å². The highest BCUT2D eigenvalue weighted by Gasteiger charge is 2.28. The van der Waals surface area contributed by atoms with Crippen molar-refractivity contribution < 1.29 is 4.79 Å². The lowest BCUT2D eigenvalue weighted by Gasteiger charge is -2.17. The van der Waals surface area contributed by atoms with E-state index in [-0.39, 0.29) is 11.7 Å². The van der Waals surface area contributed by atoms with Crippen molar-refractivity contribution in [3.63, 3.8) is 0 Å². The normalized spacial score (nSPS) is 14.4. The number of hydrogen-bond acceptors (Lipinski definition) is 4. The minimum atomic E-state index is -0.713. The van der Waals surface area contributed by atoms with Gasteiger partial charge in [-0.25, -0.2) is 9.36 Å². The Morgan fingerprint density at radius 3 is 2.38 bits per heavy atom. The Labute approximate surface area is 171 Å². The average Bonchev–Trinajstić information content (AvgIpc) is 3.53. The van der Waals surface area contributed by atoms with Gasteiger partial charge in [0.2, 0.25) is 5.69 Å². The van der Waals surface area contributed by atoms with Gasteiger partial charge >= 0.3 is 5.69 Å². The van der Waals surface area contributed by atoms with Gasteiger partial charge < -0.3 is 5.32 Å². The molecule has 29 heavy (non-hydrogen) atoms. The summed E-state index contributed by atoms with van der Waals surface area (Å²) >= 11 is 5.94. The molecule has 0 unspecified atom stereocenters. The Kier molecular flexibility index (Phi) is 5.07. The van der Waals surface area contributed by atoms with Crippen molar-refractivity contribution in [2.75, 3.05) is 0 Å². The molecule has 148 valence electrons. The molecule has 4 rings (SSSR count). The summed E-state index contributed by atoms with van der Waals surface area (Å²) in [7, 11) is 0. The van der Waals surface area contributed by atoms with Crippen LogP contribution in [0.1, 0.15) is 41.9 Å². The maximum Gasteiger partial charge on any atom is 0.352 e. The molecule has 0 radical (unpaired) electrons. The highest BCUT2D eigenvalue weighted by atomic mass is 35.5. The Morgan fingerprint density at radius 2 is 1.76 bits per heavy atom. The number of nitrogens with one attached hydrogen (secondary N) is 1. The molecule has 1 heterocycles. The van der Waals surface area contributed by atoms with E-state index in [1.165, 1.54) is 0 Å². The zero-order valence-corrected chi connectivity index (χ0v) is 16.5. The van der Waals surface area contributed by atoms with Crippen molar-refractivity contribution in [2.45, 2.75) is 31.8 Å². The first kappa shape index (κ1) is 19.1. The number of benzene rings is 2. The molecule has 1 aliphatic carbocycles. The molecule has 1 aliphatic rings. The third-order valence-corrected chi connectivity index (χ3v) is 5.13. The van der Waals surface area contributed by atoms with Gasteiger partial charge in [-0.1, -0.05) is 41.9 Å². The van der Waals surface area contributed by atoms with Gasteiger partial charge in [-0.15, -0.1) is 0 Å². The molecular weight excluding hydrogens is 392 g/mol. The standard InChI is InChI=1S/C21H19ClN4O3/c1-13(14-5-3-2-4-6-14)25-20(28)18(19(27)23-16-9-10-16)24-26(21(25)29)17-11-7-15(22)8-12-17/h2-8,11-13,16H,9-10H2,1H3,(H,23,27)/t13-/m1/s1. The second-order valence-corrected chi connectivity index (χ2v) is 7.47. The highest BCUT2D eigenvalue weighted by Crippen LogP contribution is 2.19. The summed E-state index contributed by atoms with van der Waals surface area (Å²) in [6, 6.07) is 15.1. The number of nitrogens with zero attached hydrogens (tertiary/aromatic N) is 3. The van der Waals surface area contributed by atoms with Crippen LogP contribution in [-0.2, 0) is 0 Å². The molecule has 1 fully saturated rings. The van der Waals surface area contributed by atoms with E-state index in [9.17, 15) is 14.4 Å². The minimum Gasteiger partial charge on any atom is -0.348 e. The first-order valence-electron chi connectivity index (χ1n) is 9.33. The molecule has 7 nitrogen and oxygen atoms in total. The van der Waals surface area contributed by atoms with Gasteiger partial charge in [0.1, 0.15) is 0 Å². The predicted molar refractivity (Wildman–Crippen MR) is 110 cm³/mol. The fraction of sp³-hybridized carbons (Fsp3) is 0.238. The number of hydrogen-bond donors (Lipinski definition) is 1. The van der Waals surface area contributed by atoms with Crippen LogP contribution in [0.4, 0.5) is 0 Å². The second-order valence-electron chi connectivity index (χ2n) is 7.03. The number of carbonyl (C=O) groups is 1. The van der Waals surface area contributed by atoms with Gasteiger partial charge in [0.15, 0.2) is 0 Å². The number of halogens is 1. The smallest absolute Gasteiger partial charge is 0.348 e. The van der Waals surface area contributed by atoms with Crippen LogP contribution in [0.3, 0.4) is 0 Å². The summed E-state index contributed by atoms with van der Waals surface area (Å²) in [5.41, 5.74) is -0.469. The summed E-state index contributed by atoms with van der Waals surface area (Å²) < 4.78 is 2.14. The maximum atomic E-state index is 13.2. The molecule has 3 aromatic rings. The van der Waals surface area contributed by atoms with Crippen molar-refractivity contribution in [1.82, 2.24) is 19.7 Å². The zero-order valence-electron chi connectivity index (χ0n) is 15.7. The second kappa shape index (κ2) is 7.67. The quantitative estimate of drug-likeness (QED) is 0.700. The predicted octanol–water partition coefficient (Wildman–Crippen LogP) is 2.55. The summed E-state index contributed by atoms with van der Waals surface area (Å²) in [4.78, 5) is 38.9. The van der Waals surface area contributed by atoms with E-state index in [1.54, 1.807) is 31.2 Å². The molecule has 8 heteroatoms. The van der Waals surface area contributed by atoms with E-state index in [0.717, 1.165) is 27.7 Å². The molecule has 1 amide bonds. The SMILES string of the molecule is C[C@H](c1ccccc1)n1c(=O)c(C(=O)NC2CC2)nn(-c2ccc(Cl)cc2)c1=O. The monoisotopic (exact) mass is 410 g/mol. The van der Waals surface area contributed by atoms with Crippen LogP contribution in [0.25, 0.3) is 5.69 Å². The number of aromatic nitrogens is 3. The first-order valence-corrected chi connectivity index (χ1v) is 9.71. The largest absolute Gasteiger partial charge is 0.352 e. The summed E-state index contributed by atoms with van der Waals surface area (Å²) in [6.45, 7) is 1.74. The Hall–Kier alpha value is -3.19. The van der Waals surface area contributed by atoms with E-state index in [0.29, 0.717) is 10.7 Å². The molecule has 1 aromatic heterocycles. The molecule has 0 spiro atoms. The van der Waals surface area contributed by atoms with E-state index < -0.39 is 23.2 Å². The Bertz CT molecular complexity index is 1170. The fourth-order valence-electron chi connectivity index (χ4n) is 3.09. The molecule has 1 atom stereocenters. The van der Waals surface area contributed by atoms with Gasteiger partial charge in [-0.05, 0) is 49.6 Å². The summed E-state index contributed by atoms with van der Waals surface area (Å²) in [5, 5.41) is 7.38. The van der Waals surface area contributed by atoms with Crippen LogP contribution in [-0.4, -0.2) is 26.3 Å². The molecular formula is C21H19ClN4O3. The van der Waals surface area contributed by atoms with Crippen LogP contribution in [0.2, 0.25) is 5.02 Å². The van der Waals surface area contributed by atoms with Gasteiger partial charge in [0, 0.05) is 11.1 Å². The zero-order chi connectivity index (χ0) is 20.5. The summed E-state index contributed by atoms with van der Waals surface area (Å²) in [6.07, 6.45) is 1.74. The van der Waals surface area contributed by atoms with E-state index >= 15 is 0 Å². The van der Waals surface area contributed by atoms with Crippen LogP contribution >= 0.6 is 11.6 Å². The van der Waals surface area contributed by atoms with Crippen LogP contribution in [0.15, 0.2) is 64.2 Å². The van der Waals surface area contributed by atoms with E-state index in [1.807, 2.05) is 30.3 Å². The van der Waals surface area contributed by atoms with Gasteiger partial charge in [0.05, 0.1) is 11.7 Å². The molecule has 2 aromatic carbocycles. The lowest BCUT2D eigenvalue weighted by molar-refractivity contribution is 0.0941. The Balaban J connectivity index is 1.91. The van der Waals surface area contributed by atoms with Crippen LogP contribution in [0, 0.1) is 0 Å². The van der Waals surface area contributed by atoms with Crippen molar-refractivity contribution in [3.8, 4) is 5.69 Å². The van der Waals surface area contributed by atoms with Crippen molar-refractivity contribution in [3.05, 3.63) is 91.7 Å².